The lowest BCUT2D eigenvalue weighted by Gasteiger charge is -2.08. The molecule has 0 saturated carbocycles. The predicted molar refractivity (Wildman–Crippen MR) is 76.2 cm³/mol. The zero-order chi connectivity index (χ0) is 13.6. The number of hydrogen-bond acceptors (Lipinski definition) is 4. The maximum Gasteiger partial charge on any atom is 0.234 e. The van der Waals surface area contributed by atoms with E-state index in [4.69, 9.17) is 22.7 Å². The first-order chi connectivity index (χ1) is 8.43. The van der Waals surface area contributed by atoms with E-state index in [9.17, 15) is 8.42 Å². The average molecular weight is 288 g/mol. The molecular weight excluding hydrogens is 272 g/mol. The highest BCUT2D eigenvalue weighted by Crippen LogP contribution is 2.12. The van der Waals surface area contributed by atoms with E-state index in [1.165, 1.54) is 7.11 Å². The average Bonchev–Trinajstić information content (AvgIpc) is 2.28. The molecule has 0 atom stereocenters. The van der Waals surface area contributed by atoms with Crippen LogP contribution in [-0.2, 0) is 21.2 Å². The van der Waals surface area contributed by atoms with Crippen LogP contribution in [-0.4, -0.2) is 32.9 Å². The number of benzene rings is 1. The van der Waals surface area contributed by atoms with E-state index >= 15 is 0 Å². The number of anilines is 1. The molecule has 0 aliphatic carbocycles. The second-order valence-electron chi connectivity index (χ2n) is 3.75. The number of nitrogens with one attached hydrogen (secondary N) is 1. The van der Waals surface area contributed by atoms with Gasteiger partial charge < -0.3 is 10.5 Å². The van der Waals surface area contributed by atoms with Crippen molar-refractivity contribution < 1.29 is 13.2 Å². The number of ether oxygens (including phenoxy) is 1. The molecule has 5 nitrogen and oxygen atoms in total. The largest absolute Gasteiger partial charge is 0.393 e. The minimum atomic E-state index is -3.36. The number of nitrogens with two attached hydrogens (primary N) is 1. The van der Waals surface area contributed by atoms with Crippen molar-refractivity contribution in [2.24, 2.45) is 5.73 Å². The molecule has 0 aliphatic rings. The fraction of sp³-hybridized carbons (Fsp3) is 0.364. The summed E-state index contributed by atoms with van der Waals surface area (Å²) in [6, 6.07) is 6.93. The molecule has 0 unspecified atom stereocenters. The highest BCUT2D eigenvalue weighted by Gasteiger charge is 2.09. The minimum Gasteiger partial charge on any atom is -0.393 e. The SMILES string of the molecule is COCCS(=O)(=O)Nc1ccc(CC(N)=S)cc1. The Balaban J connectivity index is 2.66. The van der Waals surface area contributed by atoms with Crippen LogP contribution in [0.4, 0.5) is 5.69 Å². The van der Waals surface area contributed by atoms with Crippen molar-refractivity contribution in [3.8, 4) is 0 Å². The molecule has 0 radical (unpaired) electrons. The number of hydrogen-bond donors (Lipinski definition) is 2. The number of thiocarbonyl (C=S) groups is 1. The molecular formula is C11H16N2O3S2. The van der Waals surface area contributed by atoms with Crippen molar-refractivity contribution in [2.75, 3.05) is 24.2 Å². The fourth-order valence-electron chi connectivity index (χ4n) is 1.32. The molecule has 0 heterocycles. The standard InChI is InChI=1S/C11H16N2O3S2/c1-16-6-7-18(14,15)13-10-4-2-9(3-5-10)8-11(12)17/h2-5,13H,6-8H2,1H3,(H2,12,17). The third-order valence-corrected chi connectivity index (χ3v) is 3.56. The van der Waals surface area contributed by atoms with Gasteiger partial charge in [0, 0.05) is 19.2 Å². The normalized spacial score (nSPS) is 11.2. The third-order valence-electron chi connectivity index (χ3n) is 2.16. The van der Waals surface area contributed by atoms with Gasteiger partial charge in [-0.2, -0.15) is 0 Å². The number of sulfonamides is 1. The molecule has 0 aliphatic heterocycles. The van der Waals surface area contributed by atoms with Crippen LogP contribution in [0.2, 0.25) is 0 Å². The molecule has 0 saturated heterocycles. The van der Waals surface area contributed by atoms with Gasteiger partial charge in [0.1, 0.15) is 0 Å². The highest BCUT2D eigenvalue weighted by molar-refractivity contribution is 7.92. The smallest absolute Gasteiger partial charge is 0.234 e. The molecule has 0 aromatic heterocycles. The minimum absolute atomic E-state index is 0.0713. The van der Waals surface area contributed by atoms with E-state index in [1.807, 2.05) is 0 Å². The first-order valence-corrected chi connectivity index (χ1v) is 7.35. The van der Waals surface area contributed by atoms with Crippen LogP contribution in [0.5, 0.6) is 0 Å². The molecule has 1 aromatic rings. The lowest BCUT2D eigenvalue weighted by Crippen LogP contribution is -2.19. The lowest BCUT2D eigenvalue weighted by atomic mass is 10.1. The van der Waals surface area contributed by atoms with Crippen LogP contribution in [0, 0.1) is 0 Å². The molecule has 1 rings (SSSR count). The van der Waals surface area contributed by atoms with Crippen molar-refractivity contribution in [1.82, 2.24) is 0 Å². The van der Waals surface area contributed by atoms with Gasteiger partial charge in [-0.15, -0.1) is 0 Å². The van der Waals surface area contributed by atoms with Gasteiger partial charge in [-0.25, -0.2) is 8.42 Å². The first kappa shape index (κ1) is 14.9. The Labute approximate surface area is 112 Å². The Morgan fingerprint density at radius 3 is 2.50 bits per heavy atom. The van der Waals surface area contributed by atoms with Crippen molar-refractivity contribution >= 4 is 32.9 Å². The Kier molecular flexibility index (Phi) is 5.52. The van der Waals surface area contributed by atoms with Crippen LogP contribution in [0.25, 0.3) is 0 Å². The molecule has 18 heavy (non-hydrogen) atoms. The van der Waals surface area contributed by atoms with Gasteiger partial charge >= 0.3 is 0 Å². The summed E-state index contributed by atoms with van der Waals surface area (Å²) in [7, 11) is -1.90. The van der Waals surface area contributed by atoms with Crippen molar-refractivity contribution in [3.63, 3.8) is 0 Å². The summed E-state index contributed by atoms with van der Waals surface area (Å²) in [6.45, 7) is 0.162. The topological polar surface area (TPSA) is 81.4 Å². The van der Waals surface area contributed by atoms with Gasteiger partial charge in [0.05, 0.1) is 17.3 Å². The maximum absolute atomic E-state index is 11.6. The van der Waals surface area contributed by atoms with Gasteiger partial charge in [0.25, 0.3) is 0 Å². The van der Waals surface area contributed by atoms with Crippen molar-refractivity contribution in [1.29, 1.82) is 0 Å². The Morgan fingerprint density at radius 2 is 2.00 bits per heavy atom. The lowest BCUT2D eigenvalue weighted by molar-refractivity contribution is 0.217. The zero-order valence-electron chi connectivity index (χ0n) is 10.0. The van der Waals surface area contributed by atoms with E-state index in [1.54, 1.807) is 24.3 Å². The summed E-state index contributed by atoms with van der Waals surface area (Å²) >= 11 is 4.80. The number of rotatable bonds is 7. The van der Waals surface area contributed by atoms with Gasteiger partial charge in [-0.1, -0.05) is 24.4 Å². The molecule has 0 spiro atoms. The molecule has 0 fully saturated rings. The second-order valence-corrected chi connectivity index (χ2v) is 6.12. The summed E-state index contributed by atoms with van der Waals surface area (Å²) in [5.74, 6) is -0.0713. The predicted octanol–water partition coefficient (Wildman–Crippen LogP) is 0.903. The third kappa shape index (κ3) is 5.44. The van der Waals surface area contributed by atoms with Crippen molar-refractivity contribution in [3.05, 3.63) is 29.8 Å². The summed E-state index contributed by atoms with van der Waals surface area (Å²) in [5.41, 5.74) is 6.88. The molecule has 3 N–H and O–H groups in total. The van der Waals surface area contributed by atoms with Gasteiger partial charge in [0.2, 0.25) is 10.0 Å². The van der Waals surface area contributed by atoms with Crippen LogP contribution in [0.1, 0.15) is 5.56 Å². The van der Waals surface area contributed by atoms with E-state index in [-0.39, 0.29) is 12.4 Å². The number of methoxy groups -OCH3 is 1. The maximum atomic E-state index is 11.6. The quantitative estimate of drug-likeness (QED) is 0.729. The molecule has 7 heteroatoms. The van der Waals surface area contributed by atoms with E-state index in [0.29, 0.717) is 17.1 Å². The summed E-state index contributed by atoms with van der Waals surface area (Å²) in [5, 5.41) is 0. The summed E-state index contributed by atoms with van der Waals surface area (Å²) in [4.78, 5) is 0.406. The van der Waals surface area contributed by atoms with E-state index < -0.39 is 10.0 Å². The summed E-state index contributed by atoms with van der Waals surface area (Å²) in [6.07, 6.45) is 0.506. The Morgan fingerprint density at radius 1 is 1.39 bits per heavy atom. The van der Waals surface area contributed by atoms with Crippen LogP contribution >= 0.6 is 12.2 Å². The molecule has 0 bridgehead atoms. The second kappa shape index (κ2) is 6.67. The zero-order valence-corrected chi connectivity index (χ0v) is 11.7. The van der Waals surface area contributed by atoms with E-state index in [2.05, 4.69) is 4.72 Å². The van der Waals surface area contributed by atoms with Gasteiger partial charge in [0.15, 0.2) is 0 Å². The Hall–Kier alpha value is -1.18. The Bertz CT molecular complexity index is 498. The van der Waals surface area contributed by atoms with Crippen LogP contribution < -0.4 is 10.5 Å². The van der Waals surface area contributed by atoms with Gasteiger partial charge in [-0.05, 0) is 17.7 Å². The highest BCUT2D eigenvalue weighted by atomic mass is 32.2. The summed E-state index contributed by atoms with van der Waals surface area (Å²) < 4.78 is 30.4. The van der Waals surface area contributed by atoms with E-state index in [0.717, 1.165) is 5.56 Å². The first-order valence-electron chi connectivity index (χ1n) is 5.29. The van der Waals surface area contributed by atoms with Crippen LogP contribution in [0.3, 0.4) is 0 Å². The van der Waals surface area contributed by atoms with Crippen molar-refractivity contribution in [2.45, 2.75) is 6.42 Å². The fourth-order valence-corrected chi connectivity index (χ4v) is 2.47. The molecule has 0 amide bonds. The molecule has 1 aromatic carbocycles. The van der Waals surface area contributed by atoms with Gasteiger partial charge in [-0.3, -0.25) is 4.72 Å². The monoisotopic (exact) mass is 288 g/mol. The van der Waals surface area contributed by atoms with Crippen LogP contribution in [0.15, 0.2) is 24.3 Å². The molecule has 100 valence electrons.